The molecule has 1 fully saturated rings. The molecule has 0 amide bonds. The van der Waals surface area contributed by atoms with Crippen LogP contribution in [0, 0.1) is 0 Å². The first-order chi connectivity index (χ1) is 8.33. The summed E-state index contributed by atoms with van der Waals surface area (Å²) in [5, 5.41) is 11.9. The minimum atomic E-state index is 0.633. The molecule has 1 saturated heterocycles. The molecule has 0 saturated carbocycles. The molecule has 1 N–H and O–H groups in total. The van der Waals surface area contributed by atoms with Crippen molar-refractivity contribution in [3.05, 3.63) is 5.89 Å². The molecule has 1 aliphatic rings. The van der Waals surface area contributed by atoms with E-state index < -0.39 is 0 Å². The van der Waals surface area contributed by atoms with Crippen LogP contribution in [0.3, 0.4) is 0 Å². The molecule has 2 rings (SSSR count). The van der Waals surface area contributed by atoms with Gasteiger partial charge in [0.25, 0.3) is 0 Å². The van der Waals surface area contributed by atoms with Crippen molar-refractivity contribution in [1.29, 1.82) is 0 Å². The van der Waals surface area contributed by atoms with Crippen LogP contribution >= 0.6 is 11.8 Å². The van der Waals surface area contributed by atoms with Gasteiger partial charge in [-0.3, -0.25) is 0 Å². The van der Waals surface area contributed by atoms with Gasteiger partial charge in [0, 0.05) is 18.3 Å². The summed E-state index contributed by atoms with van der Waals surface area (Å²) in [6, 6.07) is 0.678. The van der Waals surface area contributed by atoms with Gasteiger partial charge in [0.15, 0.2) is 0 Å². The van der Waals surface area contributed by atoms with E-state index in [0.29, 0.717) is 18.5 Å². The topological polar surface area (TPSA) is 54.2 Å². The molecule has 0 bridgehead atoms. The van der Waals surface area contributed by atoms with Crippen molar-refractivity contribution in [2.45, 2.75) is 31.1 Å². The third kappa shape index (κ3) is 3.35. The highest BCUT2D eigenvalue weighted by atomic mass is 32.2. The predicted molar refractivity (Wildman–Crippen MR) is 70.4 cm³/mol. The molecular weight excluding hydrogens is 236 g/mol. The highest BCUT2D eigenvalue weighted by Gasteiger charge is 2.20. The van der Waals surface area contributed by atoms with E-state index in [9.17, 15) is 0 Å². The second kappa shape index (κ2) is 6.26. The van der Waals surface area contributed by atoms with E-state index in [4.69, 9.17) is 4.42 Å². The molecule has 1 aromatic heterocycles. The fraction of sp³-hybridized carbons (Fsp3) is 0.818. The Morgan fingerprint density at radius 3 is 3.06 bits per heavy atom. The molecule has 2 heterocycles. The highest BCUT2D eigenvalue weighted by Crippen LogP contribution is 2.24. The zero-order chi connectivity index (χ0) is 12.1. The zero-order valence-electron chi connectivity index (χ0n) is 10.5. The molecule has 0 aliphatic carbocycles. The van der Waals surface area contributed by atoms with E-state index in [1.54, 1.807) is 0 Å². The molecule has 1 aliphatic heterocycles. The van der Waals surface area contributed by atoms with Crippen LogP contribution in [0.4, 0.5) is 6.01 Å². The molecule has 1 aromatic rings. The van der Waals surface area contributed by atoms with Crippen LogP contribution in [0.15, 0.2) is 4.42 Å². The molecule has 0 radical (unpaired) electrons. The summed E-state index contributed by atoms with van der Waals surface area (Å²) in [4.78, 5) is 2.21. The highest BCUT2D eigenvalue weighted by molar-refractivity contribution is 7.99. The Kier molecular flexibility index (Phi) is 4.67. The second-order valence-electron chi connectivity index (χ2n) is 4.28. The Morgan fingerprint density at radius 2 is 2.29 bits per heavy atom. The number of thioether (sulfide) groups is 1. The van der Waals surface area contributed by atoms with Crippen LogP contribution < -0.4 is 10.2 Å². The first-order valence-electron chi connectivity index (χ1n) is 6.08. The van der Waals surface area contributed by atoms with Gasteiger partial charge in [0.05, 0.1) is 6.54 Å². The number of aromatic nitrogens is 2. The quantitative estimate of drug-likeness (QED) is 0.881. The van der Waals surface area contributed by atoms with E-state index in [0.717, 1.165) is 18.3 Å². The zero-order valence-corrected chi connectivity index (χ0v) is 11.3. The minimum absolute atomic E-state index is 0.633. The van der Waals surface area contributed by atoms with Gasteiger partial charge in [0.1, 0.15) is 0 Å². The summed E-state index contributed by atoms with van der Waals surface area (Å²) in [5.41, 5.74) is 0. The van der Waals surface area contributed by atoms with Crippen LogP contribution in [0.2, 0.25) is 0 Å². The summed E-state index contributed by atoms with van der Waals surface area (Å²) >= 11 is 1.97. The number of nitrogens with one attached hydrogen (secondary N) is 1. The molecular formula is C11H20N4OS. The molecule has 1 atom stereocenters. The van der Waals surface area contributed by atoms with Crippen LogP contribution in [0.1, 0.15) is 25.2 Å². The van der Waals surface area contributed by atoms with Gasteiger partial charge in [-0.05, 0) is 32.6 Å². The van der Waals surface area contributed by atoms with Gasteiger partial charge >= 0.3 is 6.01 Å². The Hall–Kier alpha value is -0.750. The third-order valence-electron chi connectivity index (χ3n) is 3.06. The summed E-state index contributed by atoms with van der Waals surface area (Å²) < 4.78 is 5.62. The van der Waals surface area contributed by atoms with Crippen LogP contribution in [-0.4, -0.2) is 41.8 Å². The maximum Gasteiger partial charge on any atom is 0.318 e. The van der Waals surface area contributed by atoms with Crippen molar-refractivity contribution >= 4 is 17.8 Å². The number of rotatable bonds is 4. The summed E-state index contributed by atoms with van der Waals surface area (Å²) in [7, 11) is 1.87. The van der Waals surface area contributed by atoms with Gasteiger partial charge in [-0.1, -0.05) is 5.10 Å². The maximum atomic E-state index is 5.62. The van der Waals surface area contributed by atoms with Crippen molar-refractivity contribution < 1.29 is 4.42 Å². The fourth-order valence-corrected chi connectivity index (χ4v) is 2.83. The van der Waals surface area contributed by atoms with Crippen LogP contribution in [0.25, 0.3) is 0 Å². The van der Waals surface area contributed by atoms with Crippen molar-refractivity contribution in [3.8, 4) is 0 Å². The van der Waals surface area contributed by atoms with Gasteiger partial charge < -0.3 is 14.6 Å². The standard InChI is InChI=1S/C11H20N4OS/c1-12-8-10-13-14-11(16-10)15-6-3-4-9(17-2)5-7-15/h9,12H,3-8H2,1-2H3. The largest absolute Gasteiger partial charge is 0.407 e. The van der Waals surface area contributed by atoms with Crippen LogP contribution in [0.5, 0.6) is 0 Å². The van der Waals surface area contributed by atoms with E-state index in [1.807, 2.05) is 18.8 Å². The maximum absolute atomic E-state index is 5.62. The van der Waals surface area contributed by atoms with E-state index in [1.165, 1.54) is 19.3 Å². The average molecular weight is 256 g/mol. The van der Waals surface area contributed by atoms with Gasteiger partial charge in [-0.15, -0.1) is 5.10 Å². The normalized spacial score (nSPS) is 21.5. The Morgan fingerprint density at radius 1 is 1.41 bits per heavy atom. The summed E-state index contributed by atoms with van der Waals surface area (Å²) in [6.07, 6.45) is 5.88. The number of anilines is 1. The fourth-order valence-electron chi connectivity index (χ4n) is 2.09. The number of nitrogens with zero attached hydrogens (tertiary/aromatic N) is 3. The number of hydrogen-bond donors (Lipinski definition) is 1. The number of hydrogen-bond acceptors (Lipinski definition) is 6. The van der Waals surface area contributed by atoms with Crippen molar-refractivity contribution in [3.63, 3.8) is 0 Å². The second-order valence-corrected chi connectivity index (χ2v) is 5.42. The molecule has 6 heteroatoms. The molecule has 0 spiro atoms. The third-order valence-corrected chi connectivity index (χ3v) is 4.20. The van der Waals surface area contributed by atoms with Gasteiger partial charge in [0.2, 0.25) is 5.89 Å². The lowest BCUT2D eigenvalue weighted by Gasteiger charge is -2.16. The Balaban J connectivity index is 1.96. The Labute approximate surface area is 106 Å². The molecule has 0 aromatic carbocycles. The van der Waals surface area contributed by atoms with Gasteiger partial charge in [-0.2, -0.15) is 11.8 Å². The molecule has 5 nitrogen and oxygen atoms in total. The lowest BCUT2D eigenvalue weighted by Crippen LogP contribution is -2.24. The van der Waals surface area contributed by atoms with Crippen LogP contribution in [-0.2, 0) is 6.54 Å². The SMILES string of the molecule is CNCc1nnc(N2CCCC(SC)CC2)o1. The first-order valence-corrected chi connectivity index (χ1v) is 7.37. The lowest BCUT2D eigenvalue weighted by atomic mass is 10.2. The smallest absolute Gasteiger partial charge is 0.318 e. The average Bonchev–Trinajstić information content (AvgIpc) is 2.67. The van der Waals surface area contributed by atoms with Crippen molar-refractivity contribution in [2.24, 2.45) is 0 Å². The van der Waals surface area contributed by atoms with Crippen molar-refractivity contribution in [2.75, 3.05) is 31.3 Å². The summed E-state index contributed by atoms with van der Waals surface area (Å²) in [6.45, 7) is 2.68. The van der Waals surface area contributed by atoms with E-state index >= 15 is 0 Å². The first kappa shape index (κ1) is 12.7. The Bertz CT molecular complexity index is 344. The molecule has 1 unspecified atom stereocenters. The van der Waals surface area contributed by atoms with Crippen molar-refractivity contribution in [1.82, 2.24) is 15.5 Å². The van der Waals surface area contributed by atoms with E-state index in [2.05, 4.69) is 26.7 Å². The van der Waals surface area contributed by atoms with Gasteiger partial charge in [-0.25, -0.2) is 0 Å². The lowest BCUT2D eigenvalue weighted by molar-refractivity contribution is 0.471. The molecule has 17 heavy (non-hydrogen) atoms. The monoisotopic (exact) mass is 256 g/mol. The van der Waals surface area contributed by atoms with E-state index in [-0.39, 0.29) is 0 Å². The summed E-state index contributed by atoms with van der Waals surface area (Å²) in [5.74, 6) is 0.660. The molecule has 96 valence electrons. The predicted octanol–water partition coefficient (Wildman–Crippen LogP) is 1.51. The minimum Gasteiger partial charge on any atom is -0.407 e.